The molecule has 0 spiro atoms. The number of fused-ring (bicyclic) bond motifs is 1. The number of rotatable bonds is 5. The van der Waals surface area contributed by atoms with E-state index in [0.717, 1.165) is 29.7 Å². The van der Waals surface area contributed by atoms with Gasteiger partial charge in [-0.05, 0) is 38.7 Å². The van der Waals surface area contributed by atoms with Crippen molar-refractivity contribution in [2.75, 3.05) is 33.0 Å². The van der Waals surface area contributed by atoms with Crippen LogP contribution in [0.2, 0.25) is 0 Å². The molecule has 1 heterocycles. The third-order valence-electron chi connectivity index (χ3n) is 2.47. The molecule has 0 radical (unpaired) electrons. The van der Waals surface area contributed by atoms with Gasteiger partial charge in [-0.1, -0.05) is 0 Å². The van der Waals surface area contributed by atoms with Crippen molar-refractivity contribution in [3.05, 3.63) is 18.2 Å². The summed E-state index contributed by atoms with van der Waals surface area (Å²) in [6.45, 7) is 1.67. The quantitative estimate of drug-likeness (QED) is 0.607. The number of anilines is 1. The van der Waals surface area contributed by atoms with Crippen molar-refractivity contribution in [2.24, 2.45) is 0 Å². The summed E-state index contributed by atoms with van der Waals surface area (Å²) in [5, 5.41) is 0. The van der Waals surface area contributed by atoms with Gasteiger partial charge in [-0.25, -0.2) is 0 Å². The highest BCUT2D eigenvalue weighted by molar-refractivity contribution is 5.79. The Hall–Kier alpha value is -1.75. The molecule has 17 heavy (non-hydrogen) atoms. The minimum absolute atomic E-state index is 0.560. The number of nitrogen functional groups attached to an aromatic ring is 1. The summed E-state index contributed by atoms with van der Waals surface area (Å²) in [5.41, 5.74) is 8.20. The van der Waals surface area contributed by atoms with Crippen molar-refractivity contribution in [1.29, 1.82) is 0 Å². The summed E-state index contributed by atoms with van der Waals surface area (Å²) in [4.78, 5) is 9.55. The second kappa shape index (κ2) is 5.05. The number of H-pyrrole nitrogens is 1. The molecule has 2 aromatic rings. The second-order valence-electron chi connectivity index (χ2n) is 4.32. The van der Waals surface area contributed by atoms with E-state index >= 15 is 0 Å². The molecule has 5 nitrogen and oxygen atoms in total. The van der Waals surface area contributed by atoms with Crippen LogP contribution >= 0.6 is 0 Å². The summed E-state index contributed by atoms with van der Waals surface area (Å²) >= 11 is 0. The Morgan fingerprint density at radius 1 is 1.41 bits per heavy atom. The van der Waals surface area contributed by atoms with Gasteiger partial charge in [-0.2, -0.15) is 4.98 Å². The molecule has 0 aliphatic rings. The number of hydrogen-bond donors (Lipinski definition) is 2. The Balaban J connectivity index is 1.95. The zero-order valence-electron chi connectivity index (χ0n) is 10.2. The number of aromatic amines is 1. The van der Waals surface area contributed by atoms with Crippen LogP contribution in [-0.2, 0) is 0 Å². The Bertz CT molecular complexity index is 492. The molecule has 0 bridgehead atoms. The molecule has 0 aliphatic heterocycles. The fourth-order valence-corrected chi connectivity index (χ4v) is 1.62. The number of imidazole rings is 1. The highest BCUT2D eigenvalue weighted by Crippen LogP contribution is 2.18. The minimum Gasteiger partial charge on any atom is -0.465 e. The first-order chi connectivity index (χ1) is 8.15. The smallest absolute Gasteiger partial charge is 0.294 e. The molecule has 0 amide bonds. The lowest BCUT2D eigenvalue weighted by atomic mass is 10.3. The van der Waals surface area contributed by atoms with E-state index in [1.807, 2.05) is 32.3 Å². The van der Waals surface area contributed by atoms with E-state index in [0.29, 0.717) is 12.6 Å². The predicted molar refractivity (Wildman–Crippen MR) is 69.2 cm³/mol. The van der Waals surface area contributed by atoms with Gasteiger partial charge < -0.3 is 20.4 Å². The second-order valence-corrected chi connectivity index (χ2v) is 4.32. The summed E-state index contributed by atoms with van der Waals surface area (Å²) in [6, 6.07) is 6.13. The Kier molecular flexibility index (Phi) is 3.49. The first-order valence-corrected chi connectivity index (χ1v) is 5.68. The maximum atomic E-state index is 5.69. The molecule has 1 aromatic carbocycles. The van der Waals surface area contributed by atoms with Crippen molar-refractivity contribution in [3.63, 3.8) is 0 Å². The SMILES string of the molecule is CN(C)CCCOc1nc2ccc(N)cc2[nH]1. The molecule has 0 fully saturated rings. The topological polar surface area (TPSA) is 67.2 Å². The van der Waals surface area contributed by atoms with Gasteiger partial charge in [-0.15, -0.1) is 0 Å². The van der Waals surface area contributed by atoms with E-state index < -0.39 is 0 Å². The first kappa shape index (κ1) is 11.7. The minimum atomic E-state index is 0.560. The standard InChI is InChI=1S/C12H18N4O/c1-16(2)6-3-7-17-12-14-10-5-4-9(13)8-11(10)15-12/h4-5,8H,3,6-7,13H2,1-2H3,(H,14,15). The highest BCUT2D eigenvalue weighted by Gasteiger charge is 2.03. The van der Waals surface area contributed by atoms with Crippen LogP contribution in [0.15, 0.2) is 18.2 Å². The lowest BCUT2D eigenvalue weighted by molar-refractivity contribution is 0.266. The number of benzene rings is 1. The molecule has 0 unspecified atom stereocenters. The van der Waals surface area contributed by atoms with Crippen LogP contribution in [0, 0.1) is 0 Å². The van der Waals surface area contributed by atoms with Crippen LogP contribution in [0.3, 0.4) is 0 Å². The maximum absolute atomic E-state index is 5.69. The fourth-order valence-electron chi connectivity index (χ4n) is 1.62. The molecule has 0 atom stereocenters. The van der Waals surface area contributed by atoms with Crippen LogP contribution in [0.5, 0.6) is 6.01 Å². The third kappa shape index (κ3) is 3.10. The predicted octanol–water partition coefficient (Wildman–Crippen LogP) is 1.48. The number of aromatic nitrogens is 2. The van der Waals surface area contributed by atoms with Crippen molar-refractivity contribution < 1.29 is 4.74 Å². The van der Waals surface area contributed by atoms with Crippen molar-refractivity contribution in [3.8, 4) is 6.01 Å². The number of hydrogen-bond acceptors (Lipinski definition) is 4. The van der Waals surface area contributed by atoms with E-state index in [1.54, 1.807) is 0 Å². The molecule has 0 saturated heterocycles. The van der Waals surface area contributed by atoms with E-state index in [4.69, 9.17) is 10.5 Å². The van der Waals surface area contributed by atoms with Crippen LogP contribution in [0.1, 0.15) is 6.42 Å². The van der Waals surface area contributed by atoms with Gasteiger partial charge in [0.2, 0.25) is 0 Å². The summed E-state index contributed by atoms with van der Waals surface area (Å²) in [6.07, 6.45) is 0.978. The van der Waals surface area contributed by atoms with Crippen LogP contribution in [0.4, 0.5) is 5.69 Å². The number of nitrogens with one attached hydrogen (secondary N) is 1. The highest BCUT2D eigenvalue weighted by atomic mass is 16.5. The number of ether oxygens (including phenoxy) is 1. The Labute approximate surface area is 101 Å². The summed E-state index contributed by atoms with van der Waals surface area (Å²) < 4.78 is 5.55. The maximum Gasteiger partial charge on any atom is 0.294 e. The van der Waals surface area contributed by atoms with E-state index in [1.165, 1.54) is 0 Å². The van der Waals surface area contributed by atoms with E-state index in [2.05, 4.69) is 14.9 Å². The first-order valence-electron chi connectivity index (χ1n) is 5.68. The Morgan fingerprint density at radius 2 is 2.24 bits per heavy atom. The average Bonchev–Trinajstić information content (AvgIpc) is 2.66. The lowest BCUT2D eigenvalue weighted by Crippen LogP contribution is -2.15. The van der Waals surface area contributed by atoms with E-state index in [-0.39, 0.29) is 0 Å². The van der Waals surface area contributed by atoms with Crippen LogP contribution in [-0.4, -0.2) is 42.1 Å². The molecular weight excluding hydrogens is 216 g/mol. The number of nitrogens with two attached hydrogens (primary N) is 1. The van der Waals surface area contributed by atoms with Crippen molar-refractivity contribution in [2.45, 2.75) is 6.42 Å². The molecule has 92 valence electrons. The number of nitrogens with zero attached hydrogens (tertiary/aromatic N) is 2. The fraction of sp³-hybridized carbons (Fsp3) is 0.417. The van der Waals surface area contributed by atoms with Gasteiger partial charge in [0, 0.05) is 12.2 Å². The average molecular weight is 234 g/mol. The van der Waals surface area contributed by atoms with Gasteiger partial charge in [-0.3, -0.25) is 0 Å². The molecular formula is C12H18N4O. The summed E-state index contributed by atoms with van der Waals surface area (Å²) in [5.74, 6) is 0. The normalized spacial score (nSPS) is 11.2. The van der Waals surface area contributed by atoms with E-state index in [9.17, 15) is 0 Å². The summed E-state index contributed by atoms with van der Waals surface area (Å²) in [7, 11) is 4.09. The molecule has 2 rings (SSSR count). The van der Waals surface area contributed by atoms with Crippen molar-refractivity contribution >= 4 is 16.7 Å². The molecule has 0 aliphatic carbocycles. The van der Waals surface area contributed by atoms with Gasteiger partial charge in [0.05, 0.1) is 17.6 Å². The molecule has 5 heteroatoms. The molecule has 3 N–H and O–H groups in total. The van der Waals surface area contributed by atoms with Gasteiger partial charge in [0.15, 0.2) is 0 Å². The van der Waals surface area contributed by atoms with Crippen LogP contribution in [0.25, 0.3) is 11.0 Å². The van der Waals surface area contributed by atoms with Gasteiger partial charge in [0.25, 0.3) is 6.01 Å². The Morgan fingerprint density at radius 3 is 3.00 bits per heavy atom. The van der Waals surface area contributed by atoms with Gasteiger partial charge >= 0.3 is 0 Å². The molecule has 0 saturated carbocycles. The van der Waals surface area contributed by atoms with Gasteiger partial charge in [0.1, 0.15) is 0 Å². The zero-order chi connectivity index (χ0) is 12.3. The third-order valence-corrected chi connectivity index (χ3v) is 2.47. The van der Waals surface area contributed by atoms with Crippen molar-refractivity contribution in [1.82, 2.24) is 14.9 Å². The molecule has 1 aromatic heterocycles. The lowest BCUT2D eigenvalue weighted by Gasteiger charge is -2.08. The monoisotopic (exact) mass is 234 g/mol. The van der Waals surface area contributed by atoms with Crippen LogP contribution < -0.4 is 10.5 Å². The largest absolute Gasteiger partial charge is 0.465 e. The zero-order valence-corrected chi connectivity index (χ0v) is 10.2.